The van der Waals surface area contributed by atoms with E-state index in [0.717, 1.165) is 46.8 Å². The molecular weight excluding hydrogens is 286 g/mol. The highest BCUT2D eigenvalue weighted by Crippen LogP contribution is 2.15. The first kappa shape index (κ1) is 13.6. The van der Waals surface area contributed by atoms with E-state index in [4.69, 9.17) is 0 Å². The maximum Gasteiger partial charge on any atom is 0.201 e. The molecule has 4 aromatic rings. The molecule has 0 atom stereocenters. The zero-order valence-corrected chi connectivity index (χ0v) is 12.6. The summed E-state index contributed by atoms with van der Waals surface area (Å²) >= 11 is 0. The summed E-state index contributed by atoms with van der Waals surface area (Å²) < 4.78 is 0. The van der Waals surface area contributed by atoms with Crippen molar-refractivity contribution in [1.82, 2.24) is 15.0 Å². The number of aromatic nitrogens is 3. The van der Waals surface area contributed by atoms with E-state index >= 15 is 0 Å². The number of hydrogen-bond acceptors (Lipinski definition) is 4. The fraction of sp³-hybridized carbons (Fsp3) is 0.111. The molecule has 2 heterocycles. The summed E-state index contributed by atoms with van der Waals surface area (Å²) in [5.74, 6) is 1.68. The molecule has 0 aliphatic heterocycles. The molecule has 2 aromatic carbocycles. The van der Waals surface area contributed by atoms with Crippen LogP contribution in [0.2, 0.25) is 0 Å². The average Bonchev–Trinajstić information content (AvgIpc) is 3.01. The van der Waals surface area contributed by atoms with Crippen molar-refractivity contribution in [3.8, 4) is 0 Å². The number of rotatable bonds is 5. The Labute approximate surface area is 133 Å². The third kappa shape index (κ3) is 2.94. The van der Waals surface area contributed by atoms with Gasteiger partial charge in [-0.15, -0.1) is 0 Å². The van der Waals surface area contributed by atoms with Crippen molar-refractivity contribution in [3.63, 3.8) is 0 Å². The molecule has 0 radical (unpaired) electrons. The van der Waals surface area contributed by atoms with Crippen LogP contribution in [-0.4, -0.2) is 28.0 Å². The number of pyridine rings is 1. The van der Waals surface area contributed by atoms with Gasteiger partial charge in [0, 0.05) is 18.5 Å². The number of fused-ring (bicyclic) bond motifs is 2. The summed E-state index contributed by atoms with van der Waals surface area (Å²) in [6, 6.07) is 20.2. The molecule has 0 spiro atoms. The lowest BCUT2D eigenvalue weighted by Crippen LogP contribution is -2.14. The third-order valence-electron chi connectivity index (χ3n) is 3.71. The van der Waals surface area contributed by atoms with Crippen LogP contribution in [-0.2, 0) is 0 Å². The fourth-order valence-corrected chi connectivity index (χ4v) is 2.57. The number of anilines is 2. The Morgan fingerprint density at radius 1 is 0.739 bits per heavy atom. The molecule has 23 heavy (non-hydrogen) atoms. The summed E-state index contributed by atoms with van der Waals surface area (Å²) in [4.78, 5) is 12.3. The van der Waals surface area contributed by atoms with Crippen molar-refractivity contribution in [2.75, 3.05) is 23.7 Å². The van der Waals surface area contributed by atoms with Gasteiger partial charge in [0.1, 0.15) is 5.82 Å². The van der Waals surface area contributed by atoms with Crippen molar-refractivity contribution < 1.29 is 0 Å². The lowest BCUT2D eigenvalue weighted by Gasteiger charge is -2.07. The van der Waals surface area contributed by atoms with Crippen LogP contribution in [0, 0.1) is 0 Å². The molecule has 0 bridgehead atoms. The van der Waals surface area contributed by atoms with E-state index in [1.54, 1.807) is 0 Å². The minimum Gasteiger partial charge on any atom is -0.368 e. The minimum absolute atomic E-state index is 0.758. The Morgan fingerprint density at radius 2 is 1.52 bits per heavy atom. The van der Waals surface area contributed by atoms with Crippen LogP contribution in [0.1, 0.15) is 0 Å². The van der Waals surface area contributed by atoms with Gasteiger partial charge in [0.15, 0.2) is 0 Å². The molecule has 0 saturated carbocycles. The molecule has 114 valence electrons. The van der Waals surface area contributed by atoms with Crippen molar-refractivity contribution in [2.45, 2.75) is 0 Å². The number of aromatic amines is 1. The molecule has 3 N–H and O–H groups in total. The van der Waals surface area contributed by atoms with Gasteiger partial charge in [-0.25, -0.2) is 9.97 Å². The topological polar surface area (TPSA) is 65.6 Å². The third-order valence-corrected chi connectivity index (χ3v) is 3.71. The maximum absolute atomic E-state index is 4.59. The van der Waals surface area contributed by atoms with Crippen LogP contribution in [0.25, 0.3) is 21.9 Å². The predicted molar refractivity (Wildman–Crippen MR) is 94.8 cm³/mol. The van der Waals surface area contributed by atoms with Gasteiger partial charge in [-0.3, -0.25) is 0 Å². The monoisotopic (exact) mass is 303 g/mol. The van der Waals surface area contributed by atoms with Gasteiger partial charge < -0.3 is 15.6 Å². The smallest absolute Gasteiger partial charge is 0.201 e. The Morgan fingerprint density at radius 3 is 2.43 bits per heavy atom. The molecule has 5 heteroatoms. The van der Waals surface area contributed by atoms with E-state index in [1.807, 2.05) is 48.5 Å². The number of hydrogen-bond donors (Lipinski definition) is 3. The summed E-state index contributed by atoms with van der Waals surface area (Å²) in [5.41, 5.74) is 3.01. The van der Waals surface area contributed by atoms with Gasteiger partial charge in [0.05, 0.1) is 16.6 Å². The van der Waals surface area contributed by atoms with Crippen LogP contribution >= 0.6 is 0 Å². The second kappa shape index (κ2) is 5.96. The van der Waals surface area contributed by atoms with E-state index in [-0.39, 0.29) is 0 Å². The number of imidazole rings is 1. The summed E-state index contributed by atoms with van der Waals surface area (Å²) in [5, 5.41) is 7.76. The number of nitrogens with zero attached hydrogens (tertiary/aromatic N) is 2. The van der Waals surface area contributed by atoms with Crippen molar-refractivity contribution >= 4 is 33.7 Å². The number of benzene rings is 2. The Hall–Kier alpha value is -3.08. The van der Waals surface area contributed by atoms with Gasteiger partial charge in [-0.1, -0.05) is 30.3 Å². The van der Waals surface area contributed by atoms with E-state index in [0.29, 0.717) is 0 Å². The highest BCUT2D eigenvalue weighted by Gasteiger charge is 2.01. The zero-order valence-electron chi connectivity index (χ0n) is 12.6. The molecular formula is C18H17N5. The maximum atomic E-state index is 4.59. The average molecular weight is 303 g/mol. The Kier molecular flexibility index (Phi) is 3.52. The summed E-state index contributed by atoms with van der Waals surface area (Å²) in [6.45, 7) is 1.52. The normalized spacial score (nSPS) is 11.0. The molecule has 5 nitrogen and oxygen atoms in total. The summed E-state index contributed by atoms with van der Waals surface area (Å²) in [6.07, 6.45) is 0. The number of nitrogens with one attached hydrogen (secondary N) is 3. The van der Waals surface area contributed by atoms with Gasteiger partial charge >= 0.3 is 0 Å². The Balaban J connectivity index is 1.35. The van der Waals surface area contributed by atoms with Gasteiger partial charge in [0.2, 0.25) is 5.95 Å². The highest BCUT2D eigenvalue weighted by molar-refractivity contribution is 5.80. The number of H-pyrrole nitrogens is 1. The van der Waals surface area contributed by atoms with Crippen molar-refractivity contribution in [2.24, 2.45) is 0 Å². The lowest BCUT2D eigenvalue weighted by atomic mass is 10.2. The standard InChI is InChI=1S/C18H17N5/c1-2-6-14-13(5-1)9-10-17(21-14)19-11-12-20-18-22-15-7-3-4-8-16(15)23-18/h1-10H,11-12H2,(H,19,21)(H2,20,22,23). The molecule has 0 saturated heterocycles. The van der Waals surface area contributed by atoms with Crippen LogP contribution in [0.5, 0.6) is 0 Å². The van der Waals surface area contributed by atoms with Gasteiger partial charge in [-0.2, -0.15) is 0 Å². The van der Waals surface area contributed by atoms with E-state index < -0.39 is 0 Å². The first-order valence-electron chi connectivity index (χ1n) is 7.67. The van der Waals surface area contributed by atoms with E-state index in [2.05, 4.69) is 37.7 Å². The molecule has 4 rings (SSSR count). The van der Waals surface area contributed by atoms with Gasteiger partial charge in [-0.05, 0) is 30.3 Å². The molecule has 0 unspecified atom stereocenters. The van der Waals surface area contributed by atoms with Crippen molar-refractivity contribution in [1.29, 1.82) is 0 Å². The molecule has 0 fully saturated rings. The number of para-hydroxylation sites is 3. The van der Waals surface area contributed by atoms with Crippen molar-refractivity contribution in [3.05, 3.63) is 60.7 Å². The van der Waals surface area contributed by atoms with E-state index in [1.165, 1.54) is 0 Å². The van der Waals surface area contributed by atoms with Crippen LogP contribution < -0.4 is 10.6 Å². The fourth-order valence-electron chi connectivity index (χ4n) is 2.57. The predicted octanol–water partition coefficient (Wildman–Crippen LogP) is 3.64. The first-order chi connectivity index (χ1) is 11.4. The van der Waals surface area contributed by atoms with Gasteiger partial charge in [0.25, 0.3) is 0 Å². The van der Waals surface area contributed by atoms with Crippen LogP contribution in [0.4, 0.5) is 11.8 Å². The van der Waals surface area contributed by atoms with Crippen LogP contribution in [0.15, 0.2) is 60.7 Å². The highest BCUT2D eigenvalue weighted by atomic mass is 15.1. The second-order valence-electron chi connectivity index (χ2n) is 5.35. The lowest BCUT2D eigenvalue weighted by molar-refractivity contribution is 1.04. The molecule has 2 aromatic heterocycles. The molecule has 0 aliphatic rings. The summed E-state index contributed by atoms with van der Waals surface area (Å²) in [7, 11) is 0. The molecule has 0 aliphatic carbocycles. The quantitative estimate of drug-likeness (QED) is 0.493. The second-order valence-corrected chi connectivity index (χ2v) is 5.35. The van der Waals surface area contributed by atoms with E-state index in [9.17, 15) is 0 Å². The minimum atomic E-state index is 0.758. The Bertz CT molecular complexity index is 911. The zero-order chi connectivity index (χ0) is 15.5. The molecule has 0 amide bonds. The van der Waals surface area contributed by atoms with Crippen LogP contribution in [0.3, 0.4) is 0 Å². The largest absolute Gasteiger partial charge is 0.368 e. The SMILES string of the molecule is c1ccc2nc(NCCNc3nc4ccccc4[nH]3)ccc2c1. The first-order valence-corrected chi connectivity index (χ1v) is 7.67.